The van der Waals surface area contributed by atoms with E-state index >= 15 is 0 Å². The average Bonchev–Trinajstić information content (AvgIpc) is 2.62. The number of ether oxygens (including phenoxy) is 1. The Balaban J connectivity index is 1.99. The predicted molar refractivity (Wildman–Crippen MR) is 103 cm³/mol. The molecule has 1 aromatic carbocycles. The van der Waals surface area contributed by atoms with Gasteiger partial charge in [0, 0.05) is 18.8 Å². The fourth-order valence-electron chi connectivity index (χ4n) is 3.19. The van der Waals surface area contributed by atoms with Crippen molar-refractivity contribution in [2.75, 3.05) is 18.4 Å². The van der Waals surface area contributed by atoms with E-state index in [1.165, 1.54) is 22.9 Å². The lowest BCUT2D eigenvalue weighted by Gasteiger charge is -2.22. The smallest absolute Gasteiger partial charge is 0.411 e. The molecular formula is C19H30N2O4S. The summed E-state index contributed by atoms with van der Waals surface area (Å²) in [4.78, 5) is 12.2. The van der Waals surface area contributed by atoms with Gasteiger partial charge in [0.1, 0.15) is 6.10 Å². The number of benzene rings is 1. The molecule has 1 aromatic rings. The number of carbonyl (C=O) groups excluding carboxylic acids is 1. The summed E-state index contributed by atoms with van der Waals surface area (Å²) in [5.74, 6) is 0. The fourth-order valence-corrected chi connectivity index (χ4v) is 4.82. The first-order valence-corrected chi connectivity index (χ1v) is 11.0. The molecule has 0 spiro atoms. The van der Waals surface area contributed by atoms with Gasteiger partial charge in [-0.15, -0.1) is 0 Å². The summed E-state index contributed by atoms with van der Waals surface area (Å²) in [6, 6.07) is 6.27. The summed E-state index contributed by atoms with van der Waals surface area (Å²) in [6.07, 6.45) is 6.26. The molecule has 1 saturated carbocycles. The topological polar surface area (TPSA) is 75.7 Å². The normalized spacial score (nSPS) is 15.8. The maximum absolute atomic E-state index is 12.7. The van der Waals surface area contributed by atoms with Gasteiger partial charge in [-0.1, -0.05) is 20.3 Å². The van der Waals surface area contributed by atoms with Gasteiger partial charge >= 0.3 is 6.09 Å². The first-order chi connectivity index (χ1) is 12.5. The van der Waals surface area contributed by atoms with Gasteiger partial charge in [0.05, 0.1) is 4.90 Å². The SMILES string of the molecule is CCCN(CCC)S(=O)(=O)c1ccc(NC(=O)OC2CCCCC2)cc1. The van der Waals surface area contributed by atoms with Crippen LogP contribution in [0.1, 0.15) is 58.8 Å². The van der Waals surface area contributed by atoms with Crippen molar-refractivity contribution >= 4 is 21.8 Å². The van der Waals surface area contributed by atoms with Gasteiger partial charge in [0.25, 0.3) is 0 Å². The van der Waals surface area contributed by atoms with Gasteiger partial charge < -0.3 is 4.74 Å². The van der Waals surface area contributed by atoms with Crippen LogP contribution in [0.3, 0.4) is 0 Å². The third kappa shape index (κ3) is 5.71. The molecule has 0 aromatic heterocycles. The largest absolute Gasteiger partial charge is 0.446 e. The Labute approximate surface area is 157 Å². The number of nitrogens with one attached hydrogen (secondary N) is 1. The highest BCUT2D eigenvalue weighted by atomic mass is 32.2. The summed E-state index contributed by atoms with van der Waals surface area (Å²) in [5.41, 5.74) is 0.530. The molecule has 0 atom stereocenters. The fraction of sp³-hybridized carbons (Fsp3) is 0.632. The van der Waals surface area contributed by atoms with E-state index in [2.05, 4.69) is 5.32 Å². The third-order valence-corrected chi connectivity index (χ3v) is 6.42. The molecule has 2 rings (SSSR count). The van der Waals surface area contributed by atoms with Crippen molar-refractivity contribution in [3.05, 3.63) is 24.3 Å². The molecule has 1 aliphatic carbocycles. The van der Waals surface area contributed by atoms with E-state index in [-0.39, 0.29) is 11.0 Å². The first-order valence-electron chi connectivity index (χ1n) is 9.55. The van der Waals surface area contributed by atoms with E-state index in [1.807, 2.05) is 13.8 Å². The van der Waals surface area contributed by atoms with E-state index in [0.717, 1.165) is 38.5 Å². The number of nitrogens with zero attached hydrogens (tertiary/aromatic N) is 1. The molecule has 0 heterocycles. The monoisotopic (exact) mass is 382 g/mol. The summed E-state index contributed by atoms with van der Waals surface area (Å²) in [7, 11) is -3.50. The highest BCUT2D eigenvalue weighted by Crippen LogP contribution is 2.22. The van der Waals surface area contributed by atoms with Crippen molar-refractivity contribution in [1.82, 2.24) is 4.31 Å². The summed E-state index contributed by atoms with van der Waals surface area (Å²) in [5, 5.41) is 2.68. The van der Waals surface area contributed by atoms with E-state index < -0.39 is 16.1 Å². The minimum atomic E-state index is -3.50. The van der Waals surface area contributed by atoms with Gasteiger partial charge in [0.2, 0.25) is 10.0 Å². The second-order valence-corrected chi connectivity index (χ2v) is 8.66. The van der Waals surface area contributed by atoms with Crippen molar-refractivity contribution < 1.29 is 17.9 Å². The third-order valence-electron chi connectivity index (χ3n) is 4.51. The van der Waals surface area contributed by atoms with Crippen LogP contribution in [0.15, 0.2) is 29.2 Å². The minimum Gasteiger partial charge on any atom is -0.446 e. The van der Waals surface area contributed by atoms with Crippen molar-refractivity contribution in [2.45, 2.75) is 69.8 Å². The Morgan fingerprint density at radius 3 is 2.19 bits per heavy atom. The second-order valence-electron chi connectivity index (χ2n) is 6.72. The second kappa shape index (κ2) is 9.92. The predicted octanol–water partition coefficient (Wildman–Crippen LogP) is 4.38. The van der Waals surface area contributed by atoms with Crippen molar-refractivity contribution in [1.29, 1.82) is 0 Å². The van der Waals surface area contributed by atoms with E-state index in [1.54, 1.807) is 12.1 Å². The zero-order valence-corrected chi connectivity index (χ0v) is 16.6. The molecule has 26 heavy (non-hydrogen) atoms. The first kappa shape index (κ1) is 20.7. The lowest BCUT2D eigenvalue weighted by atomic mass is 9.98. The zero-order valence-electron chi connectivity index (χ0n) is 15.7. The molecule has 1 aliphatic rings. The van der Waals surface area contributed by atoms with Gasteiger partial charge in [-0.3, -0.25) is 5.32 Å². The van der Waals surface area contributed by atoms with Gasteiger partial charge in [-0.05, 0) is 62.8 Å². The summed E-state index contributed by atoms with van der Waals surface area (Å²) >= 11 is 0. The van der Waals surface area contributed by atoms with Crippen LogP contribution < -0.4 is 5.32 Å². The van der Waals surface area contributed by atoms with Crippen molar-refractivity contribution in [2.24, 2.45) is 0 Å². The number of anilines is 1. The molecular weight excluding hydrogens is 352 g/mol. The molecule has 0 radical (unpaired) electrons. The highest BCUT2D eigenvalue weighted by Gasteiger charge is 2.23. The molecule has 7 heteroatoms. The maximum atomic E-state index is 12.7. The summed E-state index contributed by atoms with van der Waals surface area (Å²) < 4.78 is 32.4. The van der Waals surface area contributed by atoms with E-state index in [9.17, 15) is 13.2 Å². The minimum absolute atomic E-state index is 0.0138. The summed E-state index contributed by atoms with van der Waals surface area (Å²) in [6.45, 7) is 4.93. The number of sulfonamides is 1. The van der Waals surface area contributed by atoms with Crippen LogP contribution in [0.4, 0.5) is 10.5 Å². The molecule has 0 aliphatic heterocycles. The van der Waals surface area contributed by atoms with Gasteiger partial charge in [-0.25, -0.2) is 13.2 Å². The van der Waals surface area contributed by atoms with Crippen LogP contribution in [0, 0.1) is 0 Å². The molecule has 1 N–H and O–H groups in total. The quantitative estimate of drug-likeness (QED) is 0.724. The number of hydrogen-bond donors (Lipinski definition) is 1. The average molecular weight is 383 g/mol. The van der Waals surface area contributed by atoms with Gasteiger partial charge in [0.15, 0.2) is 0 Å². The van der Waals surface area contributed by atoms with Crippen LogP contribution in [0.2, 0.25) is 0 Å². The number of hydrogen-bond acceptors (Lipinski definition) is 4. The molecule has 0 bridgehead atoms. The van der Waals surface area contributed by atoms with Gasteiger partial charge in [-0.2, -0.15) is 4.31 Å². The van der Waals surface area contributed by atoms with Crippen molar-refractivity contribution in [3.63, 3.8) is 0 Å². The lowest BCUT2D eigenvalue weighted by molar-refractivity contribution is 0.0865. The number of amides is 1. The maximum Gasteiger partial charge on any atom is 0.411 e. The number of carbonyl (C=O) groups is 1. The molecule has 1 fully saturated rings. The zero-order chi connectivity index (χ0) is 19.0. The Bertz CT molecular complexity index is 661. The Morgan fingerprint density at radius 2 is 1.65 bits per heavy atom. The van der Waals surface area contributed by atoms with Crippen molar-refractivity contribution in [3.8, 4) is 0 Å². The van der Waals surface area contributed by atoms with Crippen LogP contribution in [0.5, 0.6) is 0 Å². The molecule has 6 nitrogen and oxygen atoms in total. The van der Waals surface area contributed by atoms with Crippen LogP contribution in [-0.4, -0.2) is 38.0 Å². The Kier molecular flexibility index (Phi) is 7.90. The Hall–Kier alpha value is -1.60. The molecule has 0 saturated heterocycles. The lowest BCUT2D eigenvalue weighted by Crippen LogP contribution is -2.32. The highest BCUT2D eigenvalue weighted by molar-refractivity contribution is 7.89. The van der Waals surface area contributed by atoms with Crippen LogP contribution >= 0.6 is 0 Å². The standard InChI is InChI=1S/C19H30N2O4S/c1-3-14-21(15-4-2)26(23,24)18-12-10-16(11-13-18)20-19(22)25-17-8-6-5-7-9-17/h10-13,17H,3-9,14-15H2,1-2H3,(H,20,22). The number of rotatable bonds is 8. The molecule has 1 amide bonds. The Morgan fingerprint density at radius 1 is 1.08 bits per heavy atom. The molecule has 0 unspecified atom stereocenters. The van der Waals surface area contributed by atoms with E-state index in [0.29, 0.717) is 18.8 Å². The van der Waals surface area contributed by atoms with Crippen LogP contribution in [-0.2, 0) is 14.8 Å². The molecule has 146 valence electrons. The van der Waals surface area contributed by atoms with E-state index in [4.69, 9.17) is 4.74 Å². The van der Waals surface area contributed by atoms with Crippen LogP contribution in [0.25, 0.3) is 0 Å².